The van der Waals surface area contributed by atoms with Gasteiger partial charge < -0.3 is 25.4 Å². The predicted molar refractivity (Wildman–Crippen MR) is 176 cm³/mol. The van der Waals surface area contributed by atoms with Gasteiger partial charge in [0, 0.05) is 57.3 Å². The first-order chi connectivity index (χ1) is 21.7. The molecule has 4 aromatic rings. The number of unbranched alkanes of at least 4 members (excludes halogenated alkanes) is 1. The second-order valence-corrected chi connectivity index (χ2v) is 12.5. The lowest BCUT2D eigenvalue weighted by molar-refractivity contribution is -0.0459. The highest BCUT2D eigenvalue weighted by Crippen LogP contribution is 2.31. The standard InChI is InChI=1S/C34H44N8O3/c1-5-6-18-45-33(43)42-16-13-34(44,14-17-42)22-41-15-12-25-10-11-27(19-26(25)21-41)36-32-35-20-28-30(39-40(4)31(28)38-32)37-29-23(2)8-7-9-24(29)3/h7-11,19-20,44H,5-6,12-18,21-22H2,1-4H3,(H,37,39)(H,35,36,38). The Labute approximate surface area is 264 Å². The number of nitrogens with one attached hydrogen (secondary N) is 2. The lowest BCUT2D eigenvalue weighted by Gasteiger charge is -2.41. The van der Waals surface area contributed by atoms with Gasteiger partial charge in [-0.15, -0.1) is 0 Å². The van der Waals surface area contributed by atoms with E-state index in [1.807, 2.05) is 13.2 Å². The second kappa shape index (κ2) is 13.0. The van der Waals surface area contributed by atoms with Gasteiger partial charge in [0.2, 0.25) is 5.95 Å². The van der Waals surface area contributed by atoms with E-state index in [4.69, 9.17) is 9.72 Å². The van der Waals surface area contributed by atoms with Gasteiger partial charge >= 0.3 is 6.09 Å². The van der Waals surface area contributed by atoms with Crippen molar-refractivity contribution >= 4 is 40.3 Å². The summed E-state index contributed by atoms with van der Waals surface area (Å²) in [6.07, 6.45) is 5.44. The highest BCUT2D eigenvalue weighted by atomic mass is 16.6. The Bertz CT molecular complexity index is 1660. The van der Waals surface area contributed by atoms with Crippen LogP contribution in [0.3, 0.4) is 0 Å². The average Bonchev–Trinajstić information content (AvgIpc) is 3.33. The van der Waals surface area contributed by atoms with Crippen LogP contribution in [0.4, 0.5) is 27.9 Å². The van der Waals surface area contributed by atoms with E-state index in [2.05, 4.69) is 82.8 Å². The van der Waals surface area contributed by atoms with Crippen LogP contribution in [0.25, 0.3) is 11.0 Å². The van der Waals surface area contributed by atoms with Crippen LogP contribution in [0.5, 0.6) is 0 Å². The first-order valence-corrected chi connectivity index (χ1v) is 16.0. The van der Waals surface area contributed by atoms with Gasteiger partial charge in [-0.2, -0.15) is 10.1 Å². The number of rotatable bonds is 9. The second-order valence-electron chi connectivity index (χ2n) is 12.5. The number of aliphatic hydroxyl groups is 1. The Morgan fingerprint density at radius 2 is 1.84 bits per heavy atom. The number of aromatic nitrogens is 4. The molecule has 1 amide bonds. The van der Waals surface area contributed by atoms with E-state index in [0.29, 0.717) is 45.0 Å². The molecule has 0 bridgehead atoms. The number of likely N-dealkylation sites (tertiary alicyclic amines) is 1. The molecule has 0 atom stereocenters. The fraction of sp³-hybridized carbons (Fsp3) is 0.471. The van der Waals surface area contributed by atoms with E-state index < -0.39 is 5.60 Å². The number of fused-ring (bicyclic) bond motifs is 2. The molecule has 0 radical (unpaired) electrons. The molecule has 11 heteroatoms. The van der Waals surface area contributed by atoms with Crippen LogP contribution < -0.4 is 10.6 Å². The summed E-state index contributed by atoms with van der Waals surface area (Å²) in [5, 5.41) is 23.8. The molecule has 2 aromatic carbocycles. The number of aryl methyl sites for hydroxylation is 3. The fourth-order valence-corrected chi connectivity index (χ4v) is 6.35. The van der Waals surface area contributed by atoms with E-state index >= 15 is 0 Å². The molecule has 45 heavy (non-hydrogen) atoms. The highest BCUT2D eigenvalue weighted by molar-refractivity contribution is 5.90. The third-order valence-corrected chi connectivity index (χ3v) is 9.05. The fourth-order valence-electron chi connectivity index (χ4n) is 6.35. The molecular formula is C34H44N8O3. The zero-order valence-corrected chi connectivity index (χ0v) is 26.8. The average molecular weight is 613 g/mol. The largest absolute Gasteiger partial charge is 0.449 e. The summed E-state index contributed by atoms with van der Waals surface area (Å²) in [5.74, 6) is 1.23. The van der Waals surface area contributed by atoms with Crippen LogP contribution in [0, 0.1) is 13.8 Å². The van der Waals surface area contributed by atoms with Gasteiger partial charge in [0.05, 0.1) is 17.6 Å². The van der Waals surface area contributed by atoms with Gasteiger partial charge in [0.1, 0.15) is 0 Å². The summed E-state index contributed by atoms with van der Waals surface area (Å²) in [6, 6.07) is 12.6. The number of ether oxygens (including phenoxy) is 1. The minimum Gasteiger partial charge on any atom is -0.449 e. The number of hydrogen-bond acceptors (Lipinski definition) is 9. The van der Waals surface area contributed by atoms with Crippen LogP contribution >= 0.6 is 0 Å². The van der Waals surface area contributed by atoms with Crippen molar-refractivity contribution in [1.82, 2.24) is 29.5 Å². The first kappa shape index (κ1) is 30.8. The van der Waals surface area contributed by atoms with Crippen molar-refractivity contribution < 1.29 is 14.6 Å². The van der Waals surface area contributed by atoms with Crippen molar-refractivity contribution in [2.24, 2.45) is 7.05 Å². The molecule has 11 nitrogen and oxygen atoms in total. The van der Waals surface area contributed by atoms with Crippen molar-refractivity contribution in [3.8, 4) is 0 Å². The highest BCUT2D eigenvalue weighted by Gasteiger charge is 2.36. The summed E-state index contributed by atoms with van der Waals surface area (Å²) in [5.41, 5.74) is 6.73. The Kier molecular flexibility index (Phi) is 8.91. The van der Waals surface area contributed by atoms with Crippen molar-refractivity contribution in [3.63, 3.8) is 0 Å². The molecule has 6 rings (SSSR count). The van der Waals surface area contributed by atoms with Gasteiger partial charge in [-0.25, -0.2) is 14.5 Å². The smallest absolute Gasteiger partial charge is 0.409 e. The molecule has 1 fully saturated rings. The van der Waals surface area contributed by atoms with Crippen molar-refractivity contribution in [1.29, 1.82) is 0 Å². The van der Waals surface area contributed by atoms with Crippen LogP contribution in [0.15, 0.2) is 42.6 Å². The lowest BCUT2D eigenvalue weighted by Crippen LogP contribution is -2.52. The zero-order valence-electron chi connectivity index (χ0n) is 26.8. The molecule has 0 unspecified atom stereocenters. The van der Waals surface area contributed by atoms with Gasteiger partial charge in [-0.05, 0) is 73.9 Å². The number of nitrogens with zero attached hydrogens (tertiary/aromatic N) is 6. The van der Waals surface area contributed by atoms with Crippen LogP contribution in [0.1, 0.15) is 54.9 Å². The summed E-state index contributed by atoms with van der Waals surface area (Å²) in [7, 11) is 1.89. The molecule has 0 saturated carbocycles. The minimum absolute atomic E-state index is 0.265. The molecular weight excluding hydrogens is 568 g/mol. The summed E-state index contributed by atoms with van der Waals surface area (Å²) in [4.78, 5) is 25.8. The van der Waals surface area contributed by atoms with Crippen LogP contribution in [-0.4, -0.2) is 79.1 Å². The number of carbonyl (C=O) groups excluding carboxylic acids is 1. The quantitative estimate of drug-likeness (QED) is 0.208. The van der Waals surface area contributed by atoms with Crippen molar-refractivity contribution in [2.45, 2.75) is 65.0 Å². The molecule has 0 spiro atoms. The number of carbonyl (C=O) groups is 1. The van der Waals surface area contributed by atoms with E-state index in [0.717, 1.165) is 71.7 Å². The third kappa shape index (κ3) is 6.89. The number of β-amino-alcohol motifs (C(OH)–C–C–N with tert-alkyl or cyclic N) is 1. The summed E-state index contributed by atoms with van der Waals surface area (Å²) >= 11 is 0. The number of anilines is 4. The first-order valence-electron chi connectivity index (χ1n) is 16.0. The molecule has 4 heterocycles. The van der Waals surface area contributed by atoms with Gasteiger partial charge in [-0.1, -0.05) is 37.6 Å². The van der Waals surface area contributed by atoms with Crippen LogP contribution in [-0.2, 0) is 24.8 Å². The number of piperidine rings is 1. The van der Waals surface area contributed by atoms with E-state index in [1.54, 1.807) is 9.58 Å². The Balaban J connectivity index is 1.09. The molecule has 2 aromatic heterocycles. The molecule has 2 aliphatic rings. The zero-order chi connectivity index (χ0) is 31.6. The SMILES string of the molecule is CCCCOC(=O)N1CCC(O)(CN2CCc3ccc(Nc4ncc5c(Nc6c(C)cccc6C)nn(C)c5n4)cc3C2)CC1. The number of benzene rings is 2. The predicted octanol–water partition coefficient (Wildman–Crippen LogP) is 5.59. The molecule has 0 aliphatic carbocycles. The van der Waals surface area contributed by atoms with Crippen LogP contribution in [0.2, 0.25) is 0 Å². The Hall–Kier alpha value is -4.22. The number of amides is 1. The Morgan fingerprint density at radius 1 is 1.07 bits per heavy atom. The topological polar surface area (TPSA) is 121 Å². The van der Waals surface area contributed by atoms with Gasteiger partial charge in [0.15, 0.2) is 11.5 Å². The number of para-hydroxylation sites is 1. The molecule has 1 saturated heterocycles. The molecule has 238 valence electrons. The van der Waals surface area contributed by atoms with Crippen molar-refractivity contribution in [3.05, 3.63) is 64.8 Å². The monoisotopic (exact) mass is 612 g/mol. The van der Waals surface area contributed by atoms with Gasteiger partial charge in [-0.3, -0.25) is 4.90 Å². The maximum absolute atomic E-state index is 12.3. The number of hydrogen-bond donors (Lipinski definition) is 3. The van der Waals surface area contributed by atoms with E-state index in [-0.39, 0.29) is 6.09 Å². The lowest BCUT2D eigenvalue weighted by atomic mass is 9.89. The third-order valence-electron chi connectivity index (χ3n) is 9.05. The molecule has 3 N–H and O–H groups in total. The maximum Gasteiger partial charge on any atom is 0.409 e. The van der Waals surface area contributed by atoms with E-state index in [1.165, 1.54) is 11.1 Å². The maximum atomic E-state index is 12.3. The normalized spacial score (nSPS) is 16.4. The molecule has 2 aliphatic heterocycles. The summed E-state index contributed by atoms with van der Waals surface area (Å²) in [6.45, 7) is 9.96. The Morgan fingerprint density at radius 3 is 2.60 bits per heavy atom. The minimum atomic E-state index is -0.814. The van der Waals surface area contributed by atoms with Gasteiger partial charge in [0.25, 0.3) is 0 Å². The summed E-state index contributed by atoms with van der Waals surface area (Å²) < 4.78 is 7.13. The van der Waals surface area contributed by atoms with Crippen molar-refractivity contribution in [2.75, 3.05) is 43.4 Å². The van der Waals surface area contributed by atoms with E-state index in [9.17, 15) is 9.90 Å².